The Morgan fingerprint density at radius 2 is 1.83 bits per heavy atom. The fourth-order valence-electron chi connectivity index (χ4n) is 1.50. The molecule has 1 aromatic carbocycles. The average Bonchev–Trinajstić information content (AvgIpc) is 2.86. The van der Waals surface area contributed by atoms with Crippen molar-refractivity contribution >= 4 is 5.69 Å². The van der Waals surface area contributed by atoms with Crippen molar-refractivity contribution in [3.05, 3.63) is 35.9 Å². The lowest BCUT2D eigenvalue weighted by Crippen LogP contribution is -2.14. The van der Waals surface area contributed by atoms with Gasteiger partial charge in [0.05, 0.1) is 6.04 Å². The zero-order valence-corrected chi connectivity index (χ0v) is 7.67. The van der Waals surface area contributed by atoms with E-state index < -0.39 is 0 Å². The Hall–Kier alpha value is -0.980. The van der Waals surface area contributed by atoms with Crippen molar-refractivity contribution in [2.24, 2.45) is 0 Å². The predicted molar refractivity (Wildman–Crippen MR) is 52.1 cm³/mol. The summed E-state index contributed by atoms with van der Waals surface area (Å²) in [7, 11) is 2.16. The third-order valence-corrected chi connectivity index (χ3v) is 2.42. The van der Waals surface area contributed by atoms with Crippen molar-refractivity contribution < 1.29 is 0 Å². The average molecular weight is 160 g/mol. The lowest BCUT2D eigenvalue weighted by molar-refractivity contribution is 1.05. The monoisotopic (exact) mass is 160 g/mol. The zero-order valence-electron chi connectivity index (χ0n) is 7.67. The third-order valence-electron chi connectivity index (χ3n) is 2.42. The van der Waals surface area contributed by atoms with Crippen molar-refractivity contribution in [3.63, 3.8) is 0 Å². The van der Waals surface area contributed by atoms with Gasteiger partial charge in [0.25, 0.3) is 0 Å². The fourth-order valence-corrected chi connectivity index (χ4v) is 1.50. The number of benzene rings is 1. The first kappa shape index (κ1) is 7.66. The van der Waals surface area contributed by atoms with Crippen LogP contribution in [0.4, 0.5) is 5.69 Å². The van der Waals surface area contributed by atoms with Crippen LogP contribution in [0.2, 0.25) is 0 Å². The normalized spacial score (nSPS) is 16.2. The summed E-state index contributed by atoms with van der Waals surface area (Å²) in [6.45, 7) is 2.16. The van der Waals surface area contributed by atoms with Gasteiger partial charge in [0.15, 0.2) is 0 Å². The highest BCUT2D eigenvalue weighted by atomic mass is 15.2. The molecule has 1 radical (unpaired) electrons. The molecule has 1 aliphatic rings. The van der Waals surface area contributed by atoms with E-state index in [2.05, 4.69) is 43.1 Å². The second-order valence-electron chi connectivity index (χ2n) is 3.41. The molecule has 1 nitrogen and oxygen atoms in total. The molecule has 0 saturated heterocycles. The highest BCUT2D eigenvalue weighted by Crippen LogP contribution is 2.38. The molecule has 0 N–H and O–H groups in total. The van der Waals surface area contributed by atoms with Crippen LogP contribution in [0, 0.1) is 13.0 Å². The number of anilines is 1. The van der Waals surface area contributed by atoms with Crippen molar-refractivity contribution in [2.75, 3.05) is 11.9 Å². The highest BCUT2D eigenvalue weighted by molar-refractivity contribution is 5.56. The molecule has 2 rings (SSSR count). The van der Waals surface area contributed by atoms with Crippen molar-refractivity contribution in [2.45, 2.75) is 19.8 Å². The summed E-state index contributed by atoms with van der Waals surface area (Å²) in [5.41, 5.74) is 2.71. The molecule has 0 spiro atoms. The number of para-hydroxylation sites is 1. The fraction of sp³-hybridized carbons (Fsp3) is 0.364. The maximum Gasteiger partial charge on any atom is 0.0632 e. The summed E-state index contributed by atoms with van der Waals surface area (Å²) in [4.78, 5) is 2.31. The Balaban J connectivity index is 2.25. The molecule has 1 heteroatoms. The highest BCUT2D eigenvalue weighted by Gasteiger charge is 2.28. The van der Waals surface area contributed by atoms with Crippen LogP contribution in [0.5, 0.6) is 0 Å². The molecule has 0 heterocycles. The molecule has 1 aromatic rings. The number of hydrogen-bond donors (Lipinski definition) is 0. The first-order chi connectivity index (χ1) is 5.79. The van der Waals surface area contributed by atoms with Gasteiger partial charge in [-0.05, 0) is 31.4 Å². The number of rotatable bonds is 2. The van der Waals surface area contributed by atoms with Gasteiger partial charge < -0.3 is 4.90 Å². The quantitative estimate of drug-likeness (QED) is 0.643. The van der Waals surface area contributed by atoms with Gasteiger partial charge in [-0.2, -0.15) is 0 Å². The van der Waals surface area contributed by atoms with Crippen LogP contribution >= 0.6 is 0 Å². The van der Waals surface area contributed by atoms with E-state index in [-0.39, 0.29) is 0 Å². The summed E-state index contributed by atoms with van der Waals surface area (Å²) >= 11 is 0. The topological polar surface area (TPSA) is 3.24 Å². The van der Waals surface area contributed by atoms with Crippen LogP contribution in [0.25, 0.3) is 0 Å². The van der Waals surface area contributed by atoms with Crippen molar-refractivity contribution in [1.82, 2.24) is 0 Å². The first-order valence-electron chi connectivity index (χ1n) is 4.43. The molecule has 0 aliphatic heterocycles. The Morgan fingerprint density at radius 1 is 1.17 bits per heavy atom. The van der Waals surface area contributed by atoms with Crippen LogP contribution in [-0.2, 0) is 0 Å². The molecule has 0 amide bonds. The van der Waals surface area contributed by atoms with Gasteiger partial charge in [-0.3, -0.25) is 0 Å². The summed E-state index contributed by atoms with van der Waals surface area (Å²) < 4.78 is 0. The zero-order chi connectivity index (χ0) is 8.55. The van der Waals surface area contributed by atoms with Gasteiger partial charge in [-0.25, -0.2) is 0 Å². The molecular formula is C11H14N. The first-order valence-corrected chi connectivity index (χ1v) is 4.43. The Kier molecular flexibility index (Phi) is 1.80. The number of hydrogen-bond acceptors (Lipinski definition) is 1. The molecular weight excluding hydrogens is 146 g/mol. The van der Waals surface area contributed by atoms with E-state index in [1.165, 1.54) is 24.1 Å². The van der Waals surface area contributed by atoms with Crippen LogP contribution in [0.1, 0.15) is 18.4 Å². The van der Waals surface area contributed by atoms with Gasteiger partial charge in [0.1, 0.15) is 0 Å². The lowest BCUT2D eigenvalue weighted by atomic mass is 10.2. The second-order valence-corrected chi connectivity index (χ2v) is 3.41. The second kappa shape index (κ2) is 2.81. The molecule has 1 fully saturated rings. The van der Waals surface area contributed by atoms with Crippen LogP contribution in [-0.4, -0.2) is 7.05 Å². The minimum atomic E-state index is 1.28. The van der Waals surface area contributed by atoms with Crippen molar-refractivity contribution in [1.29, 1.82) is 0 Å². The Morgan fingerprint density at radius 3 is 2.42 bits per heavy atom. The molecule has 0 atom stereocenters. The van der Waals surface area contributed by atoms with E-state index >= 15 is 0 Å². The van der Waals surface area contributed by atoms with E-state index in [1.807, 2.05) is 0 Å². The van der Waals surface area contributed by atoms with E-state index in [0.717, 1.165) is 0 Å². The lowest BCUT2D eigenvalue weighted by Gasteiger charge is -2.19. The minimum absolute atomic E-state index is 1.28. The van der Waals surface area contributed by atoms with E-state index in [1.54, 1.807) is 6.04 Å². The van der Waals surface area contributed by atoms with Gasteiger partial charge in [-0.1, -0.05) is 18.2 Å². The third kappa shape index (κ3) is 1.31. The summed E-state index contributed by atoms with van der Waals surface area (Å²) in [5, 5.41) is 0. The maximum atomic E-state index is 2.31. The molecule has 1 saturated carbocycles. The minimum Gasteiger partial charge on any atom is -0.366 e. The van der Waals surface area contributed by atoms with Gasteiger partial charge >= 0.3 is 0 Å². The molecule has 0 aromatic heterocycles. The van der Waals surface area contributed by atoms with E-state index in [9.17, 15) is 0 Å². The molecule has 1 aliphatic carbocycles. The van der Waals surface area contributed by atoms with E-state index in [0.29, 0.717) is 0 Å². The SMILES string of the molecule is Cc1ccccc1N(C)[C]1CC1. The Bertz CT molecular complexity index is 276. The Labute approximate surface area is 74.0 Å². The van der Waals surface area contributed by atoms with Crippen molar-refractivity contribution in [3.8, 4) is 0 Å². The van der Waals surface area contributed by atoms with E-state index in [4.69, 9.17) is 0 Å². The van der Waals surface area contributed by atoms with Gasteiger partial charge in [0, 0.05) is 12.7 Å². The van der Waals surface area contributed by atoms with Gasteiger partial charge in [-0.15, -0.1) is 0 Å². The summed E-state index contributed by atoms with van der Waals surface area (Å²) in [5.74, 6) is 0. The van der Waals surface area contributed by atoms with Crippen LogP contribution in [0.15, 0.2) is 24.3 Å². The van der Waals surface area contributed by atoms with Crippen LogP contribution in [0.3, 0.4) is 0 Å². The summed E-state index contributed by atoms with van der Waals surface area (Å²) in [6, 6.07) is 10.1. The largest absolute Gasteiger partial charge is 0.366 e. The van der Waals surface area contributed by atoms with Crippen LogP contribution < -0.4 is 4.90 Å². The maximum absolute atomic E-state index is 2.31. The van der Waals surface area contributed by atoms with Gasteiger partial charge in [0.2, 0.25) is 0 Å². The predicted octanol–water partition coefficient (Wildman–Crippen LogP) is 2.76. The summed E-state index contributed by atoms with van der Waals surface area (Å²) in [6.07, 6.45) is 2.57. The number of nitrogens with zero attached hydrogens (tertiary/aromatic N) is 1. The standard InChI is InChI=1S/C11H14N/c1-9-5-3-4-6-11(9)12(2)10-7-8-10/h3-6H,7-8H2,1-2H3. The number of aryl methyl sites for hydroxylation is 1. The smallest absolute Gasteiger partial charge is 0.0632 e. The molecule has 12 heavy (non-hydrogen) atoms. The molecule has 0 bridgehead atoms. The molecule has 0 unspecified atom stereocenters. The molecule has 63 valence electrons.